The summed E-state index contributed by atoms with van der Waals surface area (Å²) in [6.07, 6.45) is 0.139. The van der Waals surface area contributed by atoms with Crippen LogP contribution in [-0.2, 0) is 9.59 Å². The molecule has 1 amide bonds. The Morgan fingerprint density at radius 3 is 2.56 bits per heavy atom. The van der Waals surface area contributed by atoms with Crippen LogP contribution in [0.4, 0.5) is 0 Å². The molecule has 2 N–H and O–H groups in total. The van der Waals surface area contributed by atoms with Gasteiger partial charge in [-0.15, -0.1) is 0 Å². The van der Waals surface area contributed by atoms with E-state index in [2.05, 4.69) is 5.32 Å². The van der Waals surface area contributed by atoms with Crippen LogP contribution in [0.15, 0.2) is 35.5 Å². The van der Waals surface area contributed by atoms with Gasteiger partial charge < -0.3 is 10.4 Å². The Kier molecular flexibility index (Phi) is 3.39. The first-order valence-corrected chi connectivity index (χ1v) is 5.86. The third-order valence-corrected chi connectivity index (χ3v) is 3.22. The fraction of sp³-hybridized carbons (Fsp3) is 0.231. The molecule has 0 saturated carbocycles. The number of carbonyl (C=O) groups excluding carboxylic acids is 1. The van der Waals surface area contributed by atoms with E-state index >= 15 is 0 Å². The van der Waals surface area contributed by atoms with Gasteiger partial charge in [0.25, 0.3) is 0 Å². The SMILES string of the molecule is CC1=C(C(=O)O)[C@@H](c2ccc(Cl)cc2)CC(=O)N1. The van der Waals surface area contributed by atoms with Crippen LogP contribution in [-0.4, -0.2) is 17.0 Å². The number of carbonyl (C=O) groups is 2. The van der Waals surface area contributed by atoms with E-state index in [9.17, 15) is 14.7 Å². The van der Waals surface area contributed by atoms with Crippen molar-refractivity contribution in [2.45, 2.75) is 19.3 Å². The number of amides is 1. The normalized spacial score (nSPS) is 19.7. The zero-order chi connectivity index (χ0) is 13.3. The Hall–Kier alpha value is -1.81. The topological polar surface area (TPSA) is 66.4 Å². The monoisotopic (exact) mass is 265 g/mol. The van der Waals surface area contributed by atoms with Crippen molar-refractivity contribution in [3.63, 3.8) is 0 Å². The second-order valence-corrected chi connectivity index (χ2v) is 4.64. The molecule has 1 aromatic rings. The van der Waals surface area contributed by atoms with Crippen LogP contribution in [0.3, 0.4) is 0 Å². The minimum Gasteiger partial charge on any atom is -0.478 e. The molecule has 4 nitrogen and oxygen atoms in total. The fourth-order valence-electron chi connectivity index (χ4n) is 2.17. The summed E-state index contributed by atoms with van der Waals surface area (Å²) in [7, 11) is 0. The van der Waals surface area contributed by atoms with Gasteiger partial charge in [0.2, 0.25) is 5.91 Å². The Balaban J connectivity index is 2.46. The number of allylic oxidation sites excluding steroid dienone is 1. The standard InChI is InChI=1S/C13H12ClNO3/c1-7-12(13(17)18)10(6-11(16)15-7)8-2-4-9(14)5-3-8/h2-5,10H,6H2,1H3,(H,15,16)(H,17,18)/t10-/m1/s1. The summed E-state index contributed by atoms with van der Waals surface area (Å²) in [5.41, 5.74) is 1.42. The van der Waals surface area contributed by atoms with Crippen molar-refractivity contribution >= 4 is 23.5 Å². The average Bonchev–Trinajstić information content (AvgIpc) is 2.28. The average molecular weight is 266 g/mol. The van der Waals surface area contributed by atoms with E-state index in [1.165, 1.54) is 0 Å². The van der Waals surface area contributed by atoms with E-state index in [0.717, 1.165) is 5.56 Å². The highest BCUT2D eigenvalue weighted by Crippen LogP contribution is 2.33. The highest BCUT2D eigenvalue weighted by atomic mass is 35.5. The minimum atomic E-state index is -1.01. The zero-order valence-electron chi connectivity index (χ0n) is 9.74. The Morgan fingerprint density at radius 1 is 1.39 bits per heavy atom. The second-order valence-electron chi connectivity index (χ2n) is 4.20. The van der Waals surface area contributed by atoms with E-state index in [0.29, 0.717) is 10.7 Å². The van der Waals surface area contributed by atoms with E-state index in [1.807, 2.05) is 0 Å². The first-order valence-electron chi connectivity index (χ1n) is 5.48. The lowest BCUT2D eigenvalue weighted by Crippen LogP contribution is -2.33. The Morgan fingerprint density at radius 2 is 2.00 bits per heavy atom. The lowest BCUT2D eigenvalue weighted by Gasteiger charge is -2.25. The van der Waals surface area contributed by atoms with Gasteiger partial charge >= 0.3 is 5.97 Å². The third kappa shape index (κ3) is 2.38. The number of halogens is 1. The lowest BCUT2D eigenvalue weighted by molar-refractivity contribution is -0.133. The molecule has 1 atom stereocenters. The summed E-state index contributed by atoms with van der Waals surface area (Å²) >= 11 is 5.80. The number of carboxylic acids is 1. The molecule has 0 aromatic heterocycles. The molecule has 0 radical (unpaired) electrons. The summed E-state index contributed by atoms with van der Waals surface area (Å²) in [6, 6.07) is 6.89. The van der Waals surface area contributed by atoms with Crippen molar-refractivity contribution in [3.05, 3.63) is 46.1 Å². The minimum absolute atomic E-state index is 0.139. The molecular formula is C13H12ClNO3. The molecule has 5 heteroatoms. The Labute approximate surface area is 109 Å². The molecule has 0 spiro atoms. The predicted octanol–water partition coefficient (Wildman–Crippen LogP) is 2.30. The van der Waals surface area contributed by atoms with Crippen molar-refractivity contribution < 1.29 is 14.7 Å². The summed E-state index contributed by atoms with van der Waals surface area (Å²) < 4.78 is 0. The van der Waals surface area contributed by atoms with E-state index in [1.54, 1.807) is 31.2 Å². The smallest absolute Gasteiger partial charge is 0.333 e. The molecule has 1 heterocycles. The van der Waals surface area contributed by atoms with Crippen LogP contribution in [0, 0.1) is 0 Å². The van der Waals surface area contributed by atoms with Crippen molar-refractivity contribution in [2.75, 3.05) is 0 Å². The molecule has 1 aromatic carbocycles. The van der Waals surface area contributed by atoms with E-state index in [4.69, 9.17) is 11.6 Å². The van der Waals surface area contributed by atoms with Gasteiger partial charge in [0.05, 0.1) is 5.57 Å². The molecule has 18 heavy (non-hydrogen) atoms. The molecular weight excluding hydrogens is 254 g/mol. The van der Waals surface area contributed by atoms with Crippen LogP contribution in [0.25, 0.3) is 0 Å². The van der Waals surface area contributed by atoms with E-state index < -0.39 is 11.9 Å². The number of nitrogens with one attached hydrogen (secondary N) is 1. The molecule has 0 saturated heterocycles. The summed E-state index contributed by atoms with van der Waals surface area (Å²) in [4.78, 5) is 22.8. The lowest BCUT2D eigenvalue weighted by atomic mass is 9.84. The largest absolute Gasteiger partial charge is 0.478 e. The number of aliphatic carboxylic acids is 1. The highest BCUT2D eigenvalue weighted by Gasteiger charge is 2.31. The molecule has 0 unspecified atom stereocenters. The highest BCUT2D eigenvalue weighted by molar-refractivity contribution is 6.30. The van der Waals surface area contributed by atoms with Gasteiger partial charge in [-0.1, -0.05) is 23.7 Å². The molecule has 2 rings (SSSR count). The van der Waals surface area contributed by atoms with Gasteiger partial charge in [-0.2, -0.15) is 0 Å². The number of hydrogen-bond acceptors (Lipinski definition) is 2. The van der Waals surface area contributed by atoms with Gasteiger partial charge in [-0.05, 0) is 24.6 Å². The number of benzene rings is 1. The molecule has 0 aliphatic carbocycles. The summed E-state index contributed by atoms with van der Waals surface area (Å²) in [5.74, 6) is -1.60. The number of carboxylic acid groups (broad SMARTS) is 1. The van der Waals surface area contributed by atoms with Crippen LogP contribution in [0.5, 0.6) is 0 Å². The quantitative estimate of drug-likeness (QED) is 0.862. The maximum Gasteiger partial charge on any atom is 0.333 e. The van der Waals surface area contributed by atoms with Crippen molar-refractivity contribution in [1.82, 2.24) is 5.32 Å². The van der Waals surface area contributed by atoms with Crippen LogP contribution in [0.1, 0.15) is 24.8 Å². The van der Waals surface area contributed by atoms with E-state index in [-0.39, 0.29) is 17.9 Å². The van der Waals surface area contributed by atoms with Crippen molar-refractivity contribution in [2.24, 2.45) is 0 Å². The summed E-state index contributed by atoms with van der Waals surface area (Å²) in [6.45, 7) is 1.60. The van der Waals surface area contributed by atoms with Crippen molar-refractivity contribution in [1.29, 1.82) is 0 Å². The maximum absolute atomic E-state index is 11.5. The van der Waals surface area contributed by atoms with Crippen LogP contribution < -0.4 is 5.32 Å². The number of rotatable bonds is 2. The van der Waals surface area contributed by atoms with Gasteiger partial charge in [-0.3, -0.25) is 4.79 Å². The first-order chi connectivity index (χ1) is 8.49. The molecule has 0 fully saturated rings. The third-order valence-electron chi connectivity index (χ3n) is 2.97. The van der Waals surface area contributed by atoms with Gasteiger partial charge in [0.1, 0.15) is 0 Å². The van der Waals surface area contributed by atoms with Crippen molar-refractivity contribution in [3.8, 4) is 0 Å². The van der Waals surface area contributed by atoms with Crippen LogP contribution in [0.2, 0.25) is 5.02 Å². The molecule has 1 aliphatic heterocycles. The van der Waals surface area contributed by atoms with Gasteiger partial charge in [-0.25, -0.2) is 4.79 Å². The van der Waals surface area contributed by atoms with Crippen LogP contribution >= 0.6 is 11.6 Å². The zero-order valence-corrected chi connectivity index (χ0v) is 10.5. The van der Waals surface area contributed by atoms with Gasteiger partial charge in [0, 0.05) is 23.1 Å². The first kappa shape index (κ1) is 12.6. The summed E-state index contributed by atoms with van der Waals surface area (Å²) in [5, 5.41) is 12.4. The second kappa shape index (κ2) is 4.82. The van der Waals surface area contributed by atoms with Gasteiger partial charge in [0.15, 0.2) is 0 Å². The molecule has 1 aliphatic rings. The Bertz CT molecular complexity index is 534. The molecule has 0 bridgehead atoms. The fourth-order valence-corrected chi connectivity index (χ4v) is 2.29. The maximum atomic E-state index is 11.5. The number of hydrogen-bond donors (Lipinski definition) is 2. The predicted molar refractivity (Wildman–Crippen MR) is 67.3 cm³/mol. The molecule has 94 valence electrons.